The Balaban J connectivity index is 2.07. The first-order valence-corrected chi connectivity index (χ1v) is 8.13. The van der Waals surface area contributed by atoms with E-state index in [1.807, 2.05) is 13.1 Å². The molecule has 0 bridgehead atoms. The number of nitrogens with one attached hydrogen (secondary N) is 1. The van der Waals surface area contributed by atoms with Crippen LogP contribution in [0.3, 0.4) is 0 Å². The maximum Gasteiger partial charge on any atom is 0.0536 e. The van der Waals surface area contributed by atoms with Crippen molar-refractivity contribution in [3.05, 3.63) is 58.1 Å². The molecular weight excluding hydrogens is 292 g/mol. The molecule has 1 aliphatic heterocycles. The summed E-state index contributed by atoms with van der Waals surface area (Å²) < 4.78 is 2.45. The number of hydrogen-bond acceptors (Lipinski definition) is 1. The van der Waals surface area contributed by atoms with E-state index in [4.69, 9.17) is 11.6 Å². The van der Waals surface area contributed by atoms with Crippen LogP contribution in [0.2, 0.25) is 5.02 Å². The van der Waals surface area contributed by atoms with Gasteiger partial charge in [0.05, 0.1) is 11.2 Å². The average molecular weight is 311 g/mol. The Hall–Kier alpha value is -1.77. The van der Waals surface area contributed by atoms with Crippen molar-refractivity contribution in [3.8, 4) is 11.3 Å². The highest BCUT2D eigenvalue weighted by atomic mass is 35.5. The van der Waals surface area contributed by atoms with Gasteiger partial charge in [0.2, 0.25) is 0 Å². The lowest BCUT2D eigenvalue weighted by atomic mass is 9.99. The summed E-state index contributed by atoms with van der Waals surface area (Å²) in [6.45, 7) is 4.06. The molecule has 0 unspecified atom stereocenters. The van der Waals surface area contributed by atoms with E-state index in [1.54, 1.807) is 0 Å². The van der Waals surface area contributed by atoms with E-state index in [2.05, 4.69) is 47.1 Å². The summed E-state index contributed by atoms with van der Waals surface area (Å²) in [6, 6.07) is 12.9. The van der Waals surface area contributed by atoms with Crippen LogP contribution in [0.4, 0.5) is 0 Å². The minimum atomic E-state index is 0.851. The molecule has 0 fully saturated rings. The molecule has 0 atom stereocenters. The van der Waals surface area contributed by atoms with Gasteiger partial charge < -0.3 is 9.88 Å². The van der Waals surface area contributed by atoms with Gasteiger partial charge in [-0.25, -0.2) is 0 Å². The smallest absolute Gasteiger partial charge is 0.0536 e. The fraction of sp³-hybridized carbons (Fsp3) is 0.263. The highest BCUT2D eigenvalue weighted by Gasteiger charge is 2.26. The van der Waals surface area contributed by atoms with E-state index >= 15 is 0 Å². The van der Waals surface area contributed by atoms with E-state index in [0.29, 0.717) is 0 Å². The molecule has 0 saturated heterocycles. The minimum Gasteiger partial charge on any atom is -0.335 e. The number of aromatic nitrogens is 1. The second-order valence-electron chi connectivity index (χ2n) is 5.99. The van der Waals surface area contributed by atoms with E-state index in [1.165, 1.54) is 38.9 Å². The number of hydrogen-bond donors (Lipinski definition) is 1. The van der Waals surface area contributed by atoms with Gasteiger partial charge in [0.25, 0.3) is 0 Å². The van der Waals surface area contributed by atoms with Crippen molar-refractivity contribution in [1.29, 1.82) is 0 Å². The van der Waals surface area contributed by atoms with Crippen molar-refractivity contribution in [2.45, 2.75) is 19.9 Å². The third-order valence-electron chi connectivity index (χ3n) is 4.74. The predicted molar refractivity (Wildman–Crippen MR) is 93.9 cm³/mol. The normalized spacial score (nSPS) is 12.7. The van der Waals surface area contributed by atoms with Crippen LogP contribution in [0.5, 0.6) is 0 Å². The van der Waals surface area contributed by atoms with Crippen LogP contribution in [0.15, 0.2) is 36.4 Å². The molecule has 1 aromatic heterocycles. The number of rotatable bonds is 3. The van der Waals surface area contributed by atoms with Crippen LogP contribution in [0.1, 0.15) is 16.7 Å². The monoisotopic (exact) mass is 310 g/mol. The summed E-state index contributed by atoms with van der Waals surface area (Å²) in [5.74, 6) is 0. The Morgan fingerprint density at radius 1 is 1.18 bits per heavy atom. The van der Waals surface area contributed by atoms with Crippen LogP contribution < -0.4 is 5.32 Å². The number of likely N-dealkylation sites (N-methyl/N-ethyl adjacent to an activating group) is 1. The van der Waals surface area contributed by atoms with Crippen molar-refractivity contribution in [1.82, 2.24) is 9.88 Å². The zero-order chi connectivity index (χ0) is 15.3. The molecule has 112 valence electrons. The summed E-state index contributed by atoms with van der Waals surface area (Å²) in [5, 5.41) is 5.48. The van der Waals surface area contributed by atoms with Gasteiger partial charge in [-0.1, -0.05) is 41.9 Å². The van der Waals surface area contributed by atoms with Gasteiger partial charge in [0.15, 0.2) is 0 Å². The Kier molecular flexibility index (Phi) is 3.24. The summed E-state index contributed by atoms with van der Waals surface area (Å²) in [7, 11) is 2.01. The minimum absolute atomic E-state index is 0.851. The summed E-state index contributed by atoms with van der Waals surface area (Å²) in [6.07, 6.45) is 1.03. The molecule has 4 rings (SSSR count). The molecule has 2 heterocycles. The molecule has 0 aliphatic carbocycles. The van der Waals surface area contributed by atoms with E-state index in [-0.39, 0.29) is 0 Å². The van der Waals surface area contributed by atoms with Crippen molar-refractivity contribution >= 4 is 22.5 Å². The van der Waals surface area contributed by atoms with Crippen molar-refractivity contribution in [2.24, 2.45) is 0 Å². The summed E-state index contributed by atoms with van der Waals surface area (Å²) >= 11 is 6.39. The number of nitrogens with zero attached hydrogens (tertiary/aromatic N) is 1. The molecule has 22 heavy (non-hydrogen) atoms. The topological polar surface area (TPSA) is 17.0 Å². The summed E-state index contributed by atoms with van der Waals surface area (Å²) in [4.78, 5) is 0. The van der Waals surface area contributed by atoms with Gasteiger partial charge in [-0.05, 0) is 49.7 Å². The lowest BCUT2D eigenvalue weighted by molar-refractivity contribution is 0.792. The fourth-order valence-electron chi connectivity index (χ4n) is 3.70. The maximum absolute atomic E-state index is 6.39. The molecule has 0 saturated carbocycles. The number of aryl methyl sites for hydroxylation is 1. The molecule has 0 amide bonds. The van der Waals surface area contributed by atoms with Crippen LogP contribution in [0.25, 0.3) is 22.2 Å². The van der Waals surface area contributed by atoms with Gasteiger partial charge in [0.1, 0.15) is 0 Å². The predicted octanol–water partition coefficient (Wildman–Crippen LogP) is 4.39. The Morgan fingerprint density at radius 2 is 2.00 bits per heavy atom. The molecule has 0 radical (unpaired) electrons. The Bertz CT molecular complexity index is 877. The zero-order valence-electron chi connectivity index (χ0n) is 12.9. The third-order valence-corrected chi connectivity index (χ3v) is 5.15. The summed E-state index contributed by atoms with van der Waals surface area (Å²) in [5.41, 5.74) is 8.08. The Labute approximate surface area is 135 Å². The molecule has 2 aromatic carbocycles. The van der Waals surface area contributed by atoms with Crippen molar-refractivity contribution < 1.29 is 0 Å². The van der Waals surface area contributed by atoms with Crippen LogP contribution in [-0.2, 0) is 13.0 Å². The molecule has 3 aromatic rings. The van der Waals surface area contributed by atoms with Crippen LogP contribution in [-0.4, -0.2) is 18.2 Å². The van der Waals surface area contributed by atoms with Gasteiger partial charge >= 0.3 is 0 Å². The van der Waals surface area contributed by atoms with E-state index in [9.17, 15) is 0 Å². The van der Waals surface area contributed by atoms with Gasteiger partial charge in [-0.15, -0.1) is 0 Å². The first kappa shape index (κ1) is 13.9. The van der Waals surface area contributed by atoms with E-state index in [0.717, 1.165) is 24.5 Å². The second kappa shape index (κ2) is 5.15. The highest BCUT2D eigenvalue weighted by Crippen LogP contribution is 2.43. The quantitative estimate of drug-likeness (QED) is 0.593. The lowest BCUT2D eigenvalue weighted by Gasteiger charge is -2.06. The van der Waals surface area contributed by atoms with Crippen molar-refractivity contribution in [2.75, 3.05) is 13.6 Å². The molecule has 2 nitrogen and oxygen atoms in total. The molecule has 1 N–H and O–H groups in total. The molecule has 1 aliphatic rings. The Morgan fingerprint density at radius 3 is 2.82 bits per heavy atom. The van der Waals surface area contributed by atoms with Gasteiger partial charge in [-0.3, -0.25) is 0 Å². The number of fused-ring (bicyclic) bond motifs is 5. The highest BCUT2D eigenvalue weighted by molar-refractivity contribution is 6.32. The largest absolute Gasteiger partial charge is 0.335 e. The van der Waals surface area contributed by atoms with Crippen molar-refractivity contribution in [3.63, 3.8) is 0 Å². The SMILES string of the molecule is CNCCc1c2n(c3c(C)c(Cl)ccc13)Cc1ccccc1-2. The lowest BCUT2D eigenvalue weighted by Crippen LogP contribution is -2.10. The second-order valence-corrected chi connectivity index (χ2v) is 6.40. The first-order chi connectivity index (χ1) is 10.7. The maximum atomic E-state index is 6.39. The standard InChI is InChI=1S/C19H19ClN2/c1-12-17(20)8-7-15-16(9-10-21-2)19-14-6-4-3-5-13(14)11-22(19)18(12)15/h3-8,21H,9-11H2,1-2H3. The third kappa shape index (κ3) is 1.84. The molecule has 3 heteroatoms. The first-order valence-electron chi connectivity index (χ1n) is 7.75. The number of halogens is 1. The van der Waals surface area contributed by atoms with Crippen LogP contribution >= 0.6 is 11.6 Å². The van der Waals surface area contributed by atoms with Gasteiger partial charge in [0, 0.05) is 22.5 Å². The molecular formula is C19H19ClN2. The molecule has 0 spiro atoms. The average Bonchev–Trinajstić information content (AvgIpc) is 3.03. The zero-order valence-corrected chi connectivity index (χ0v) is 13.7. The fourth-order valence-corrected chi connectivity index (χ4v) is 3.85. The van der Waals surface area contributed by atoms with Gasteiger partial charge in [-0.2, -0.15) is 0 Å². The van der Waals surface area contributed by atoms with E-state index < -0.39 is 0 Å². The van der Waals surface area contributed by atoms with Crippen LogP contribution in [0, 0.1) is 6.92 Å². The number of benzene rings is 2.